The van der Waals surface area contributed by atoms with Crippen molar-refractivity contribution in [3.05, 3.63) is 11.1 Å². The average molecular weight is 156 g/mol. The summed E-state index contributed by atoms with van der Waals surface area (Å²) in [5.41, 5.74) is 2.35. The van der Waals surface area contributed by atoms with Crippen molar-refractivity contribution in [2.75, 3.05) is 11.5 Å². The van der Waals surface area contributed by atoms with Gasteiger partial charge in [0.15, 0.2) is 5.78 Å². The summed E-state index contributed by atoms with van der Waals surface area (Å²) in [6, 6.07) is 0. The maximum Gasteiger partial charge on any atom is 0.168 e. The topological polar surface area (TPSA) is 17.1 Å². The molecule has 0 aromatic rings. The lowest BCUT2D eigenvalue weighted by atomic mass is 10.1. The molecular formula is C8H12OS. The van der Waals surface area contributed by atoms with Gasteiger partial charge in [-0.25, -0.2) is 0 Å². The van der Waals surface area contributed by atoms with Crippen LogP contribution in [-0.4, -0.2) is 17.3 Å². The van der Waals surface area contributed by atoms with E-state index in [1.807, 2.05) is 6.92 Å². The number of thioether (sulfide) groups is 1. The molecule has 0 radical (unpaired) electrons. The fourth-order valence-corrected chi connectivity index (χ4v) is 2.22. The summed E-state index contributed by atoms with van der Waals surface area (Å²) >= 11 is 1.73. The molecule has 0 aliphatic carbocycles. The molecule has 0 aromatic carbocycles. The monoisotopic (exact) mass is 156 g/mol. The molecule has 2 heteroatoms. The molecule has 1 heterocycles. The van der Waals surface area contributed by atoms with Crippen molar-refractivity contribution in [3.63, 3.8) is 0 Å². The number of ketones is 1. The van der Waals surface area contributed by atoms with E-state index in [9.17, 15) is 4.79 Å². The Hall–Kier alpha value is -0.240. The van der Waals surface area contributed by atoms with E-state index >= 15 is 0 Å². The van der Waals surface area contributed by atoms with Crippen molar-refractivity contribution < 1.29 is 4.79 Å². The minimum atomic E-state index is 0.327. The molecule has 0 amide bonds. The highest BCUT2D eigenvalue weighted by molar-refractivity contribution is 8.00. The van der Waals surface area contributed by atoms with Crippen LogP contribution in [0.2, 0.25) is 0 Å². The third-order valence-corrected chi connectivity index (χ3v) is 2.90. The first kappa shape index (κ1) is 7.86. The van der Waals surface area contributed by atoms with E-state index in [0.29, 0.717) is 11.5 Å². The average Bonchev–Trinajstić information content (AvgIpc) is 1.95. The molecule has 10 heavy (non-hydrogen) atoms. The Morgan fingerprint density at radius 3 is 2.70 bits per heavy atom. The second-order valence-electron chi connectivity index (χ2n) is 2.50. The molecular weight excluding hydrogens is 144 g/mol. The fraction of sp³-hybridized carbons (Fsp3) is 0.625. The molecule has 1 rings (SSSR count). The highest BCUT2D eigenvalue weighted by atomic mass is 32.2. The Morgan fingerprint density at radius 2 is 2.20 bits per heavy atom. The minimum absolute atomic E-state index is 0.327. The number of hydrogen-bond donors (Lipinski definition) is 0. The molecule has 0 unspecified atom stereocenters. The van der Waals surface area contributed by atoms with Crippen molar-refractivity contribution in [2.24, 2.45) is 0 Å². The predicted molar refractivity (Wildman–Crippen MR) is 45.3 cm³/mol. The van der Waals surface area contributed by atoms with Gasteiger partial charge in [-0.1, -0.05) is 12.5 Å². The van der Waals surface area contributed by atoms with Crippen molar-refractivity contribution >= 4 is 17.5 Å². The highest BCUT2D eigenvalue weighted by Crippen LogP contribution is 2.22. The van der Waals surface area contributed by atoms with E-state index in [-0.39, 0.29) is 0 Å². The lowest BCUT2D eigenvalue weighted by Crippen LogP contribution is -2.12. The van der Waals surface area contributed by atoms with Gasteiger partial charge in [0.05, 0.1) is 5.75 Å². The number of carbonyl (C=O) groups excluding carboxylic acids is 1. The predicted octanol–water partition coefficient (Wildman–Crippen LogP) is 2.03. The normalized spacial score (nSPS) is 20.0. The summed E-state index contributed by atoms with van der Waals surface area (Å²) in [4.78, 5) is 11.1. The lowest BCUT2D eigenvalue weighted by molar-refractivity contribution is -0.113. The number of carbonyl (C=O) groups is 1. The van der Waals surface area contributed by atoms with Crippen LogP contribution in [0.15, 0.2) is 11.1 Å². The first-order valence-electron chi connectivity index (χ1n) is 3.55. The van der Waals surface area contributed by atoms with Gasteiger partial charge in [0.1, 0.15) is 0 Å². The molecule has 0 spiro atoms. The Bertz CT molecular complexity index is 182. The second kappa shape index (κ2) is 3.24. The molecule has 1 aliphatic rings. The summed E-state index contributed by atoms with van der Waals surface area (Å²) in [6.45, 7) is 4.05. The van der Waals surface area contributed by atoms with E-state index in [1.165, 1.54) is 5.57 Å². The molecule has 0 aromatic heterocycles. The van der Waals surface area contributed by atoms with Gasteiger partial charge < -0.3 is 0 Å². The van der Waals surface area contributed by atoms with Crippen LogP contribution in [0, 0.1) is 0 Å². The zero-order valence-electron chi connectivity index (χ0n) is 6.44. The van der Waals surface area contributed by atoms with Gasteiger partial charge in [-0.05, 0) is 18.9 Å². The van der Waals surface area contributed by atoms with Gasteiger partial charge in [0.25, 0.3) is 0 Å². The van der Waals surface area contributed by atoms with Gasteiger partial charge in [-0.2, -0.15) is 0 Å². The molecule has 0 saturated carbocycles. The van der Waals surface area contributed by atoms with Crippen LogP contribution in [0.5, 0.6) is 0 Å². The smallest absolute Gasteiger partial charge is 0.168 e. The number of rotatable bonds is 1. The SMILES string of the molecule is CCC1=C(C)C(=O)CSC1. The Balaban J connectivity index is 2.82. The number of allylic oxidation sites excluding steroid dienone is 1. The molecule has 1 aliphatic heterocycles. The molecule has 0 fully saturated rings. The van der Waals surface area contributed by atoms with Crippen LogP contribution in [0.1, 0.15) is 20.3 Å². The quantitative estimate of drug-likeness (QED) is 0.578. The van der Waals surface area contributed by atoms with Gasteiger partial charge >= 0.3 is 0 Å². The zero-order valence-corrected chi connectivity index (χ0v) is 7.25. The Labute approximate surface area is 65.9 Å². The van der Waals surface area contributed by atoms with Crippen molar-refractivity contribution in [1.82, 2.24) is 0 Å². The van der Waals surface area contributed by atoms with Gasteiger partial charge in [0.2, 0.25) is 0 Å². The molecule has 0 N–H and O–H groups in total. The maximum atomic E-state index is 11.1. The summed E-state index contributed by atoms with van der Waals surface area (Å²) < 4.78 is 0. The Kier molecular flexibility index (Phi) is 2.55. The second-order valence-corrected chi connectivity index (χ2v) is 3.48. The standard InChI is InChI=1S/C8H12OS/c1-3-7-4-10-5-8(9)6(7)2/h3-5H2,1-2H3. The summed E-state index contributed by atoms with van der Waals surface area (Å²) in [6.07, 6.45) is 1.03. The largest absolute Gasteiger partial charge is 0.294 e. The van der Waals surface area contributed by atoms with Crippen molar-refractivity contribution in [1.29, 1.82) is 0 Å². The highest BCUT2D eigenvalue weighted by Gasteiger charge is 2.14. The number of hydrogen-bond acceptors (Lipinski definition) is 2. The van der Waals surface area contributed by atoms with E-state index in [2.05, 4.69) is 6.92 Å². The third-order valence-electron chi connectivity index (χ3n) is 1.88. The summed E-state index contributed by atoms with van der Waals surface area (Å²) in [5.74, 6) is 2.08. The van der Waals surface area contributed by atoms with Crippen LogP contribution >= 0.6 is 11.8 Å². The molecule has 0 saturated heterocycles. The first-order valence-corrected chi connectivity index (χ1v) is 4.70. The van der Waals surface area contributed by atoms with Gasteiger partial charge in [0, 0.05) is 5.75 Å². The Morgan fingerprint density at radius 1 is 1.50 bits per heavy atom. The zero-order chi connectivity index (χ0) is 7.56. The van der Waals surface area contributed by atoms with Crippen LogP contribution in [0.25, 0.3) is 0 Å². The molecule has 1 nitrogen and oxygen atoms in total. The molecule has 0 atom stereocenters. The number of Topliss-reactive ketones (excluding diaryl/α,β-unsaturated/α-hetero) is 1. The maximum absolute atomic E-state index is 11.1. The first-order chi connectivity index (χ1) is 4.75. The van der Waals surface area contributed by atoms with E-state index in [4.69, 9.17) is 0 Å². The third kappa shape index (κ3) is 1.43. The summed E-state index contributed by atoms with van der Waals surface area (Å²) in [5, 5.41) is 0. The van der Waals surface area contributed by atoms with Gasteiger partial charge in [-0.15, -0.1) is 11.8 Å². The molecule has 0 bridgehead atoms. The fourth-order valence-electron chi connectivity index (χ4n) is 1.05. The van der Waals surface area contributed by atoms with Crippen molar-refractivity contribution in [2.45, 2.75) is 20.3 Å². The van der Waals surface area contributed by atoms with Gasteiger partial charge in [-0.3, -0.25) is 4.79 Å². The van der Waals surface area contributed by atoms with E-state index < -0.39 is 0 Å². The van der Waals surface area contributed by atoms with Crippen molar-refractivity contribution in [3.8, 4) is 0 Å². The minimum Gasteiger partial charge on any atom is -0.294 e. The van der Waals surface area contributed by atoms with Crippen LogP contribution in [-0.2, 0) is 4.79 Å². The van der Waals surface area contributed by atoms with Crippen LogP contribution < -0.4 is 0 Å². The van der Waals surface area contributed by atoms with E-state index in [0.717, 1.165) is 17.7 Å². The van der Waals surface area contributed by atoms with Crippen LogP contribution in [0.3, 0.4) is 0 Å². The van der Waals surface area contributed by atoms with Crippen LogP contribution in [0.4, 0.5) is 0 Å². The molecule has 56 valence electrons. The lowest BCUT2D eigenvalue weighted by Gasteiger charge is -2.14. The summed E-state index contributed by atoms with van der Waals surface area (Å²) in [7, 11) is 0. The van der Waals surface area contributed by atoms with E-state index in [1.54, 1.807) is 11.8 Å².